The van der Waals surface area contributed by atoms with Gasteiger partial charge in [-0.05, 0) is 6.07 Å². The molecule has 0 unspecified atom stereocenters. The monoisotopic (exact) mass is 403 g/mol. The zero-order chi connectivity index (χ0) is 19.3. The molecule has 11 heteroatoms. The highest BCUT2D eigenvalue weighted by molar-refractivity contribution is 6.35. The van der Waals surface area contributed by atoms with E-state index < -0.39 is 56.2 Å². The van der Waals surface area contributed by atoms with Crippen LogP contribution >= 0.6 is 23.2 Å². The maximum Gasteiger partial charge on any atom is 0.341 e. The number of hydrogen-bond acceptors (Lipinski definition) is 4. The van der Waals surface area contributed by atoms with Gasteiger partial charge in [-0.2, -0.15) is 0 Å². The topological polar surface area (TPSA) is 98.2 Å². The normalized spacial score (nSPS) is 11.1. The highest BCUT2D eigenvalue weighted by Gasteiger charge is 2.23. The molecule has 0 saturated carbocycles. The summed E-state index contributed by atoms with van der Waals surface area (Å²) >= 11 is 11.7. The van der Waals surface area contributed by atoms with Crippen LogP contribution in [0.15, 0.2) is 23.1 Å². The van der Waals surface area contributed by atoms with Crippen molar-refractivity contribution in [2.45, 2.75) is 0 Å². The Labute approximate surface area is 152 Å². The fourth-order valence-electron chi connectivity index (χ4n) is 2.35. The van der Waals surface area contributed by atoms with Crippen LogP contribution in [0.2, 0.25) is 10.0 Å². The molecule has 0 fully saturated rings. The highest BCUT2D eigenvalue weighted by Crippen LogP contribution is 2.31. The third-order valence-electron chi connectivity index (χ3n) is 3.52. The number of aromatic nitrogens is 2. The summed E-state index contributed by atoms with van der Waals surface area (Å²) in [4.78, 5) is 27.3. The molecule has 0 radical (unpaired) electrons. The van der Waals surface area contributed by atoms with Crippen molar-refractivity contribution in [3.8, 4) is 5.82 Å². The molecule has 0 aliphatic rings. The standard InChI is InChI=1S/C15H6Cl2F3N3O3/c16-6-2-8(19)13(21)22-14(6)23-3-5(15(25)26)12(24)4-1-7(18)10(20)9(17)11(4)23/h1-3H,(H2,21,22)(H,25,26). The van der Waals surface area contributed by atoms with E-state index in [0.29, 0.717) is 6.07 Å². The van der Waals surface area contributed by atoms with Gasteiger partial charge in [0.2, 0.25) is 5.43 Å². The van der Waals surface area contributed by atoms with Gasteiger partial charge in [-0.3, -0.25) is 9.36 Å². The van der Waals surface area contributed by atoms with Crippen molar-refractivity contribution in [1.82, 2.24) is 9.55 Å². The van der Waals surface area contributed by atoms with E-state index in [0.717, 1.165) is 16.8 Å². The van der Waals surface area contributed by atoms with Gasteiger partial charge < -0.3 is 10.8 Å². The fraction of sp³-hybridized carbons (Fsp3) is 0. The van der Waals surface area contributed by atoms with Crippen LogP contribution in [0.5, 0.6) is 0 Å². The number of carbonyl (C=O) groups is 1. The second-order valence-electron chi connectivity index (χ2n) is 5.09. The number of nitrogen functional groups attached to an aromatic ring is 1. The minimum absolute atomic E-state index is 0.328. The quantitative estimate of drug-likeness (QED) is 0.639. The molecule has 6 nitrogen and oxygen atoms in total. The first-order valence-electron chi connectivity index (χ1n) is 6.71. The zero-order valence-corrected chi connectivity index (χ0v) is 13.9. The average Bonchev–Trinajstić information content (AvgIpc) is 2.57. The van der Waals surface area contributed by atoms with Crippen molar-refractivity contribution in [2.24, 2.45) is 0 Å². The Hall–Kier alpha value is -2.78. The number of halogens is 5. The molecule has 2 heterocycles. The van der Waals surface area contributed by atoms with E-state index >= 15 is 0 Å². The van der Waals surface area contributed by atoms with Gasteiger partial charge in [0.05, 0.1) is 15.9 Å². The smallest absolute Gasteiger partial charge is 0.341 e. The number of nitrogens with two attached hydrogens (primary N) is 1. The summed E-state index contributed by atoms with van der Waals surface area (Å²) in [6.45, 7) is 0. The minimum Gasteiger partial charge on any atom is -0.477 e. The summed E-state index contributed by atoms with van der Waals surface area (Å²) in [5.74, 6) is -6.44. The number of pyridine rings is 2. The Bertz CT molecular complexity index is 1160. The van der Waals surface area contributed by atoms with Gasteiger partial charge in [-0.15, -0.1) is 0 Å². The van der Waals surface area contributed by atoms with Crippen LogP contribution in [0.25, 0.3) is 16.7 Å². The lowest BCUT2D eigenvalue weighted by molar-refractivity contribution is 0.0695. The Kier molecular flexibility index (Phi) is 4.29. The summed E-state index contributed by atoms with van der Waals surface area (Å²) in [7, 11) is 0. The number of aromatic carboxylic acids is 1. The van der Waals surface area contributed by atoms with Crippen LogP contribution in [-0.2, 0) is 0 Å². The van der Waals surface area contributed by atoms with Crippen molar-refractivity contribution in [2.75, 3.05) is 5.73 Å². The Morgan fingerprint density at radius 2 is 1.85 bits per heavy atom. The van der Waals surface area contributed by atoms with Crippen molar-refractivity contribution in [1.29, 1.82) is 0 Å². The lowest BCUT2D eigenvalue weighted by atomic mass is 10.1. The maximum atomic E-state index is 13.9. The number of benzene rings is 1. The Morgan fingerprint density at radius 1 is 1.19 bits per heavy atom. The first-order valence-corrected chi connectivity index (χ1v) is 7.47. The molecule has 2 aromatic heterocycles. The number of hydrogen-bond donors (Lipinski definition) is 2. The number of rotatable bonds is 2. The number of carboxylic acid groups (broad SMARTS) is 1. The molecule has 0 atom stereocenters. The van der Waals surface area contributed by atoms with E-state index in [4.69, 9.17) is 28.9 Å². The average molecular weight is 404 g/mol. The first-order chi connectivity index (χ1) is 12.1. The Morgan fingerprint density at radius 3 is 2.46 bits per heavy atom. The maximum absolute atomic E-state index is 13.9. The van der Waals surface area contributed by atoms with E-state index in [9.17, 15) is 27.9 Å². The predicted octanol–water partition coefficient (Wildman–Crippen LogP) is 3.39. The van der Waals surface area contributed by atoms with Gasteiger partial charge in [0, 0.05) is 12.3 Å². The minimum atomic E-state index is -1.64. The molecule has 1 aromatic carbocycles. The van der Waals surface area contributed by atoms with Gasteiger partial charge in [0.1, 0.15) is 10.6 Å². The molecule has 134 valence electrons. The summed E-state index contributed by atoms with van der Waals surface area (Å²) < 4.78 is 41.9. The van der Waals surface area contributed by atoms with Crippen molar-refractivity contribution in [3.05, 3.63) is 61.6 Å². The highest BCUT2D eigenvalue weighted by atomic mass is 35.5. The molecule has 0 bridgehead atoms. The Balaban J connectivity index is 2.59. The van der Waals surface area contributed by atoms with Crippen LogP contribution in [0, 0.1) is 17.5 Å². The largest absolute Gasteiger partial charge is 0.477 e. The van der Waals surface area contributed by atoms with Crippen molar-refractivity contribution >= 4 is 45.9 Å². The number of anilines is 1. The van der Waals surface area contributed by atoms with Crippen LogP contribution in [0.3, 0.4) is 0 Å². The molecule has 3 aromatic rings. The van der Waals surface area contributed by atoms with E-state index in [2.05, 4.69) is 4.98 Å². The van der Waals surface area contributed by atoms with Gasteiger partial charge in [-0.25, -0.2) is 22.9 Å². The van der Waals surface area contributed by atoms with E-state index in [-0.39, 0.29) is 10.8 Å². The summed E-state index contributed by atoms with van der Waals surface area (Å²) in [6, 6.07) is 1.29. The van der Waals surface area contributed by atoms with Gasteiger partial charge in [-0.1, -0.05) is 23.2 Å². The third kappa shape index (κ3) is 2.65. The molecular formula is C15H6Cl2F3N3O3. The van der Waals surface area contributed by atoms with E-state index in [1.54, 1.807) is 0 Å². The van der Waals surface area contributed by atoms with Crippen LogP contribution < -0.4 is 11.2 Å². The van der Waals surface area contributed by atoms with Gasteiger partial charge in [0.15, 0.2) is 29.1 Å². The fourth-order valence-corrected chi connectivity index (χ4v) is 2.86. The van der Waals surface area contributed by atoms with Crippen molar-refractivity contribution < 1.29 is 23.1 Å². The molecule has 0 aliphatic heterocycles. The lowest BCUT2D eigenvalue weighted by Gasteiger charge is -2.15. The molecule has 26 heavy (non-hydrogen) atoms. The number of fused-ring (bicyclic) bond motifs is 1. The van der Waals surface area contributed by atoms with Crippen molar-refractivity contribution in [3.63, 3.8) is 0 Å². The first kappa shape index (κ1) is 18.0. The zero-order valence-electron chi connectivity index (χ0n) is 12.4. The molecular weight excluding hydrogens is 398 g/mol. The summed E-state index contributed by atoms with van der Waals surface area (Å²) in [5.41, 5.74) is 3.09. The SMILES string of the molecule is Nc1nc(-n2cc(C(=O)O)c(=O)c3cc(F)c(F)c(Cl)c32)c(Cl)cc1F. The van der Waals surface area contributed by atoms with Crippen LogP contribution in [-0.4, -0.2) is 20.6 Å². The van der Waals surface area contributed by atoms with E-state index in [1.165, 1.54) is 0 Å². The predicted molar refractivity (Wildman–Crippen MR) is 88.6 cm³/mol. The number of carboxylic acids is 1. The van der Waals surface area contributed by atoms with Crippen LogP contribution in [0.1, 0.15) is 10.4 Å². The second kappa shape index (κ2) is 6.19. The second-order valence-corrected chi connectivity index (χ2v) is 5.88. The molecule has 0 saturated heterocycles. The molecule has 3 N–H and O–H groups in total. The molecule has 0 amide bonds. The van der Waals surface area contributed by atoms with Gasteiger partial charge >= 0.3 is 5.97 Å². The summed E-state index contributed by atoms with van der Waals surface area (Å²) in [6.07, 6.45) is 0.766. The molecule has 0 aliphatic carbocycles. The third-order valence-corrected chi connectivity index (χ3v) is 4.14. The number of nitrogens with zero attached hydrogens (tertiary/aromatic N) is 2. The summed E-state index contributed by atoms with van der Waals surface area (Å²) in [5, 5.41) is 7.53. The lowest BCUT2D eigenvalue weighted by Crippen LogP contribution is -2.20. The van der Waals surface area contributed by atoms with Crippen LogP contribution in [0.4, 0.5) is 19.0 Å². The van der Waals surface area contributed by atoms with E-state index in [1.807, 2.05) is 0 Å². The van der Waals surface area contributed by atoms with Gasteiger partial charge in [0.25, 0.3) is 0 Å². The molecule has 0 spiro atoms. The molecule has 3 rings (SSSR count).